The van der Waals surface area contributed by atoms with Gasteiger partial charge in [0.2, 0.25) is 0 Å². The van der Waals surface area contributed by atoms with Crippen LogP contribution in [0.2, 0.25) is 0 Å². The molecule has 0 bridgehead atoms. The lowest BCUT2D eigenvalue weighted by atomic mass is 10.1. The summed E-state index contributed by atoms with van der Waals surface area (Å²) in [6.45, 7) is 0. The quantitative estimate of drug-likeness (QED) is 0.858. The molecular weight excluding hydrogens is 300 g/mol. The first-order chi connectivity index (χ1) is 10.6. The molecule has 0 radical (unpaired) electrons. The Kier molecular flexibility index (Phi) is 4.15. The van der Waals surface area contributed by atoms with E-state index in [9.17, 15) is 14.7 Å². The van der Waals surface area contributed by atoms with Crippen LogP contribution >= 0.6 is 11.8 Å². The molecule has 0 unspecified atom stereocenters. The lowest BCUT2D eigenvalue weighted by molar-refractivity contribution is -0.136. The lowest BCUT2D eigenvalue weighted by Crippen LogP contribution is -2.20. The predicted octanol–water partition coefficient (Wildman–Crippen LogP) is 3.28. The van der Waals surface area contributed by atoms with Crippen molar-refractivity contribution in [3.05, 3.63) is 71.3 Å². The van der Waals surface area contributed by atoms with E-state index in [1.807, 2.05) is 36.4 Å². The number of cyclic esters (lactones) is 1. The molecule has 2 aromatic carbocycles. The van der Waals surface area contributed by atoms with Crippen LogP contribution in [-0.2, 0) is 16.0 Å². The summed E-state index contributed by atoms with van der Waals surface area (Å²) in [5.41, 5.74) is 1.65. The van der Waals surface area contributed by atoms with E-state index >= 15 is 0 Å². The van der Waals surface area contributed by atoms with E-state index in [0.717, 1.165) is 22.9 Å². The highest BCUT2D eigenvalue weighted by atomic mass is 32.2. The van der Waals surface area contributed by atoms with Crippen molar-refractivity contribution in [2.24, 2.45) is 0 Å². The van der Waals surface area contributed by atoms with Crippen molar-refractivity contribution < 1.29 is 19.4 Å². The van der Waals surface area contributed by atoms with E-state index in [4.69, 9.17) is 4.74 Å². The maximum Gasteiger partial charge on any atom is 0.340 e. The van der Waals surface area contributed by atoms with Crippen LogP contribution in [0, 0.1) is 0 Å². The average Bonchev–Trinajstić information content (AvgIpc) is 2.84. The summed E-state index contributed by atoms with van der Waals surface area (Å²) in [7, 11) is 0. The van der Waals surface area contributed by atoms with Crippen molar-refractivity contribution in [1.82, 2.24) is 0 Å². The number of carboxylic acid groups (broad SMARTS) is 1. The molecule has 0 aromatic heterocycles. The van der Waals surface area contributed by atoms with Gasteiger partial charge in [0.1, 0.15) is 5.25 Å². The summed E-state index contributed by atoms with van der Waals surface area (Å²) in [6, 6.07) is 16.5. The maximum atomic E-state index is 11.8. The Morgan fingerprint density at radius 1 is 1.14 bits per heavy atom. The van der Waals surface area contributed by atoms with Crippen LogP contribution in [0.5, 0.6) is 0 Å². The number of hydrogen-bond donors (Lipinski definition) is 1. The van der Waals surface area contributed by atoms with Crippen LogP contribution < -0.4 is 0 Å². The number of fused-ring (bicyclic) bond motifs is 1. The van der Waals surface area contributed by atoms with Gasteiger partial charge in [0.25, 0.3) is 0 Å². The molecule has 0 saturated carbocycles. The summed E-state index contributed by atoms with van der Waals surface area (Å²) in [6.07, 6.45) is 0.386. The van der Waals surface area contributed by atoms with Crippen molar-refractivity contribution in [2.45, 2.75) is 17.1 Å². The number of carbonyl (C=O) groups excluding carboxylic acids is 1. The molecule has 0 amide bonds. The molecule has 4 nitrogen and oxygen atoms in total. The number of ether oxygens (including phenoxy) is 1. The first-order valence-electron chi connectivity index (χ1n) is 6.87. The number of carboxylic acids is 1. The Hall–Kier alpha value is -2.27. The molecule has 0 spiro atoms. The van der Waals surface area contributed by atoms with Crippen molar-refractivity contribution >= 4 is 23.7 Å². The largest absolute Gasteiger partial charge is 0.480 e. The molecule has 1 N–H and O–H groups in total. The SMILES string of the molecule is O=C1O[C@@H](S[C@@H](Cc2ccccc2)C(=O)O)c2ccccc21. The zero-order chi connectivity index (χ0) is 15.5. The third kappa shape index (κ3) is 2.99. The number of hydrogen-bond acceptors (Lipinski definition) is 4. The van der Waals surface area contributed by atoms with Gasteiger partial charge < -0.3 is 9.84 Å². The fourth-order valence-electron chi connectivity index (χ4n) is 2.38. The molecule has 3 rings (SSSR count). The molecule has 1 aliphatic rings. The molecule has 1 heterocycles. The van der Waals surface area contributed by atoms with Gasteiger partial charge in [0.05, 0.1) is 5.56 Å². The molecule has 5 heteroatoms. The minimum atomic E-state index is -0.908. The van der Waals surface area contributed by atoms with E-state index in [0.29, 0.717) is 12.0 Å². The number of benzene rings is 2. The first-order valence-corrected chi connectivity index (χ1v) is 7.81. The van der Waals surface area contributed by atoms with Crippen LogP contribution in [0.1, 0.15) is 26.9 Å². The maximum absolute atomic E-state index is 11.8. The standard InChI is InChI=1S/C17H14O4S/c18-15(19)14(10-11-6-2-1-3-7-11)22-17-13-9-5-4-8-12(13)16(20)21-17/h1-9,14,17H,10H2,(H,18,19)/t14-,17-/m0/s1. The van der Waals surface area contributed by atoms with E-state index in [1.54, 1.807) is 18.2 Å². The van der Waals surface area contributed by atoms with Gasteiger partial charge in [-0.3, -0.25) is 4.79 Å². The Morgan fingerprint density at radius 2 is 1.82 bits per heavy atom. The zero-order valence-corrected chi connectivity index (χ0v) is 12.5. The Balaban J connectivity index is 1.78. The van der Waals surface area contributed by atoms with E-state index in [1.165, 1.54) is 0 Å². The minimum Gasteiger partial charge on any atom is -0.480 e. The van der Waals surface area contributed by atoms with E-state index in [2.05, 4.69) is 0 Å². The minimum absolute atomic E-state index is 0.386. The Morgan fingerprint density at radius 3 is 2.55 bits per heavy atom. The van der Waals surface area contributed by atoms with Crippen molar-refractivity contribution in [2.75, 3.05) is 0 Å². The summed E-state index contributed by atoms with van der Waals surface area (Å²) >= 11 is 1.16. The molecule has 2 atom stereocenters. The highest BCUT2D eigenvalue weighted by Gasteiger charge is 2.34. The monoisotopic (exact) mass is 314 g/mol. The fourth-order valence-corrected chi connectivity index (χ4v) is 3.58. The molecular formula is C17H14O4S. The van der Waals surface area contributed by atoms with E-state index < -0.39 is 22.6 Å². The normalized spacial score (nSPS) is 17.6. The summed E-state index contributed by atoms with van der Waals surface area (Å²) in [4.78, 5) is 23.3. The first kappa shape index (κ1) is 14.7. The van der Waals surface area contributed by atoms with Crippen LogP contribution in [0.25, 0.3) is 0 Å². The molecule has 2 aromatic rings. The zero-order valence-electron chi connectivity index (χ0n) is 11.6. The van der Waals surface area contributed by atoms with Crippen LogP contribution in [0.15, 0.2) is 54.6 Å². The molecule has 0 saturated heterocycles. The summed E-state index contributed by atoms with van der Waals surface area (Å²) in [5.74, 6) is -1.30. The van der Waals surface area contributed by atoms with E-state index in [-0.39, 0.29) is 0 Å². The molecule has 0 aliphatic carbocycles. The molecule has 22 heavy (non-hydrogen) atoms. The average molecular weight is 314 g/mol. The summed E-state index contributed by atoms with van der Waals surface area (Å²) < 4.78 is 5.31. The number of aliphatic carboxylic acids is 1. The van der Waals surface area contributed by atoms with Crippen LogP contribution in [0.3, 0.4) is 0 Å². The van der Waals surface area contributed by atoms with Gasteiger partial charge in [0.15, 0.2) is 5.44 Å². The number of carbonyl (C=O) groups is 2. The second-order valence-corrected chi connectivity index (χ2v) is 6.25. The lowest BCUT2D eigenvalue weighted by Gasteiger charge is -2.17. The number of rotatable bonds is 5. The predicted molar refractivity (Wildman–Crippen MR) is 83.8 cm³/mol. The molecule has 112 valence electrons. The highest BCUT2D eigenvalue weighted by Crippen LogP contribution is 2.41. The Bertz CT molecular complexity index is 699. The van der Waals surface area contributed by atoms with Gasteiger partial charge in [0, 0.05) is 5.56 Å². The highest BCUT2D eigenvalue weighted by molar-refractivity contribution is 8.00. The van der Waals surface area contributed by atoms with Crippen molar-refractivity contribution in [3.8, 4) is 0 Å². The van der Waals surface area contributed by atoms with Crippen LogP contribution in [0.4, 0.5) is 0 Å². The van der Waals surface area contributed by atoms with Gasteiger partial charge in [-0.1, -0.05) is 60.3 Å². The number of esters is 1. The third-order valence-electron chi connectivity index (χ3n) is 3.48. The van der Waals surface area contributed by atoms with Crippen LogP contribution in [-0.4, -0.2) is 22.3 Å². The number of thioether (sulfide) groups is 1. The van der Waals surface area contributed by atoms with Gasteiger partial charge in [-0.25, -0.2) is 4.79 Å². The molecule has 1 aliphatic heterocycles. The van der Waals surface area contributed by atoms with Crippen molar-refractivity contribution in [1.29, 1.82) is 0 Å². The van der Waals surface area contributed by atoms with Gasteiger partial charge >= 0.3 is 11.9 Å². The van der Waals surface area contributed by atoms with Gasteiger partial charge in [-0.05, 0) is 18.1 Å². The van der Waals surface area contributed by atoms with Gasteiger partial charge in [-0.15, -0.1) is 0 Å². The second-order valence-electron chi connectivity index (χ2n) is 4.98. The fraction of sp³-hybridized carbons (Fsp3) is 0.176. The smallest absolute Gasteiger partial charge is 0.340 e. The third-order valence-corrected chi connectivity index (χ3v) is 4.77. The second kappa shape index (κ2) is 6.23. The summed E-state index contributed by atoms with van der Waals surface area (Å²) in [5, 5.41) is 8.77. The van der Waals surface area contributed by atoms with Crippen molar-refractivity contribution in [3.63, 3.8) is 0 Å². The molecule has 0 fully saturated rings. The Labute approximate surface area is 132 Å². The van der Waals surface area contributed by atoms with Gasteiger partial charge in [-0.2, -0.15) is 0 Å². The topological polar surface area (TPSA) is 63.6 Å².